The van der Waals surface area contributed by atoms with E-state index >= 15 is 0 Å². The lowest BCUT2D eigenvalue weighted by Crippen LogP contribution is -2.27. The summed E-state index contributed by atoms with van der Waals surface area (Å²) in [4.78, 5) is 1.84. The van der Waals surface area contributed by atoms with Crippen molar-refractivity contribution in [3.63, 3.8) is 0 Å². The molecule has 0 unspecified atom stereocenters. The Balaban J connectivity index is 2.16. The van der Waals surface area contributed by atoms with Gasteiger partial charge in [-0.1, -0.05) is 6.92 Å². The third-order valence-corrected chi connectivity index (χ3v) is 3.45. The van der Waals surface area contributed by atoms with Gasteiger partial charge in [0, 0.05) is 19.1 Å². The summed E-state index contributed by atoms with van der Waals surface area (Å²) in [6, 6.07) is 3.22. The van der Waals surface area contributed by atoms with Gasteiger partial charge in [-0.25, -0.2) is 8.78 Å². The Morgan fingerprint density at radius 2 is 1.84 bits per heavy atom. The molecule has 2 nitrogen and oxygen atoms in total. The van der Waals surface area contributed by atoms with Crippen molar-refractivity contribution in [1.29, 1.82) is 0 Å². The monoisotopic (exact) mass is 268 g/mol. The number of nitrogens with zero attached hydrogens (tertiary/aromatic N) is 1. The lowest BCUT2D eigenvalue weighted by molar-refractivity contribution is 0.563. The number of nitrogens with one attached hydrogen (secondary N) is 1. The topological polar surface area (TPSA) is 15.3 Å². The maximum Gasteiger partial charge on any atom is 0.149 e. The van der Waals surface area contributed by atoms with Gasteiger partial charge in [0.2, 0.25) is 0 Å². The van der Waals surface area contributed by atoms with Gasteiger partial charge in [-0.2, -0.15) is 0 Å². The van der Waals surface area contributed by atoms with E-state index in [9.17, 15) is 8.78 Å². The number of halogens is 2. The molecule has 0 saturated heterocycles. The normalized spacial score (nSPS) is 14.7. The first-order valence-electron chi connectivity index (χ1n) is 7.12. The summed E-state index contributed by atoms with van der Waals surface area (Å²) in [7, 11) is 0. The van der Waals surface area contributed by atoms with E-state index in [-0.39, 0.29) is 5.69 Å². The van der Waals surface area contributed by atoms with Crippen LogP contribution in [0.2, 0.25) is 0 Å². The van der Waals surface area contributed by atoms with Gasteiger partial charge in [-0.05, 0) is 50.4 Å². The zero-order valence-electron chi connectivity index (χ0n) is 11.7. The predicted molar refractivity (Wildman–Crippen MR) is 74.4 cm³/mol. The summed E-state index contributed by atoms with van der Waals surface area (Å²) in [5.74, 6) is -0.885. The quantitative estimate of drug-likeness (QED) is 0.762. The van der Waals surface area contributed by atoms with Crippen LogP contribution in [0.4, 0.5) is 14.5 Å². The summed E-state index contributed by atoms with van der Waals surface area (Å²) in [5.41, 5.74) is 0.809. The van der Waals surface area contributed by atoms with Crippen LogP contribution < -0.4 is 10.2 Å². The summed E-state index contributed by atoms with van der Waals surface area (Å²) in [5, 5.41) is 3.16. The van der Waals surface area contributed by atoms with Gasteiger partial charge in [0.05, 0.1) is 0 Å². The molecule has 4 heteroatoms. The van der Waals surface area contributed by atoms with Crippen LogP contribution in [0.3, 0.4) is 0 Å². The summed E-state index contributed by atoms with van der Waals surface area (Å²) < 4.78 is 28.3. The standard InChI is InChI=1S/C15H22F2N2/c1-3-7-18-10-11-8-13(16)15(14(17)9-11)19(4-2)12-5-6-12/h8-9,12,18H,3-7,10H2,1-2H3. The molecule has 0 aromatic heterocycles. The zero-order valence-corrected chi connectivity index (χ0v) is 11.7. The molecule has 0 radical (unpaired) electrons. The maximum absolute atomic E-state index is 14.1. The third-order valence-electron chi connectivity index (χ3n) is 3.45. The highest BCUT2D eigenvalue weighted by molar-refractivity contribution is 5.52. The summed E-state index contributed by atoms with van der Waals surface area (Å²) >= 11 is 0. The first-order chi connectivity index (χ1) is 9.17. The molecule has 0 atom stereocenters. The Morgan fingerprint density at radius 1 is 1.21 bits per heavy atom. The Labute approximate surface area is 113 Å². The van der Waals surface area contributed by atoms with Crippen molar-refractivity contribution in [2.24, 2.45) is 0 Å². The molecule has 19 heavy (non-hydrogen) atoms. The lowest BCUT2D eigenvalue weighted by Gasteiger charge is -2.24. The van der Waals surface area contributed by atoms with Gasteiger partial charge >= 0.3 is 0 Å². The molecule has 106 valence electrons. The molecule has 0 aliphatic heterocycles. The fraction of sp³-hybridized carbons (Fsp3) is 0.600. The van der Waals surface area contributed by atoms with Crippen LogP contribution >= 0.6 is 0 Å². The molecular weight excluding hydrogens is 246 g/mol. The zero-order chi connectivity index (χ0) is 13.8. The van der Waals surface area contributed by atoms with Crippen molar-refractivity contribution in [3.05, 3.63) is 29.3 Å². The second-order valence-electron chi connectivity index (χ2n) is 5.10. The van der Waals surface area contributed by atoms with E-state index in [2.05, 4.69) is 12.2 Å². The van der Waals surface area contributed by atoms with Gasteiger partial charge in [0.1, 0.15) is 17.3 Å². The minimum absolute atomic E-state index is 0.143. The molecule has 1 aliphatic rings. The van der Waals surface area contributed by atoms with E-state index in [1.54, 1.807) is 0 Å². The molecule has 1 saturated carbocycles. The van der Waals surface area contributed by atoms with Crippen LogP contribution in [-0.4, -0.2) is 19.1 Å². The van der Waals surface area contributed by atoms with E-state index in [1.165, 1.54) is 12.1 Å². The van der Waals surface area contributed by atoms with Gasteiger partial charge in [-0.15, -0.1) is 0 Å². The third kappa shape index (κ3) is 3.44. The minimum atomic E-state index is -0.443. The molecular formula is C15H22F2N2. The van der Waals surface area contributed by atoms with Crippen molar-refractivity contribution >= 4 is 5.69 Å². The Kier molecular flexibility index (Phi) is 4.75. The molecule has 1 aliphatic carbocycles. The molecule has 0 spiro atoms. The van der Waals surface area contributed by atoms with Gasteiger partial charge in [-0.3, -0.25) is 0 Å². The second-order valence-corrected chi connectivity index (χ2v) is 5.10. The molecule has 1 aromatic rings. The van der Waals surface area contributed by atoms with Crippen molar-refractivity contribution in [1.82, 2.24) is 5.32 Å². The average Bonchev–Trinajstić information content (AvgIpc) is 3.18. The van der Waals surface area contributed by atoms with Crippen molar-refractivity contribution in [2.45, 2.75) is 45.7 Å². The highest BCUT2D eigenvalue weighted by atomic mass is 19.1. The predicted octanol–water partition coefficient (Wildman–Crippen LogP) is 3.45. The number of hydrogen-bond donors (Lipinski definition) is 1. The van der Waals surface area contributed by atoms with Gasteiger partial charge in [0.15, 0.2) is 0 Å². The van der Waals surface area contributed by atoms with Crippen LogP contribution in [0.15, 0.2) is 12.1 Å². The number of anilines is 1. The largest absolute Gasteiger partial charge is 0.364 e. The Bertz CT molecular complexity index is 407. The van der Waals surface area contributed by atoms with E-state index in [1.807, 2.05) is 11.8 Å². The van der Waals surface area contributed by atoms with Crippen LogP contribution in [0, 0.1) is 11.6 Å². The minimum Gasteiger partial charge on any atom is -0.364 e. The molecule has 1 aromatic carbocycles. The number of rotatable bonds is 7. The number of benzene rings is 1. The summed E-state index contributed by atoms with van der Waals surface area (Å²) in [6.07, 6.45) is 3.08. The van der Waals surface area contributed by atoms with E-state index in [0.717, 1.165) is 25.8 Å². The van der Waals surface area contributed by atoms with Gasteiger partial charge < -0.3 is 10.2 Å². The second kappa shape index (κ2) is 6.33. The highest BCUT2D eigenvalue weighted by Gasteiger charge is 2.31. The first-order valence-corrected chi connectivity index (χ1v) is 7.12. The van der Waals surface area contributed by atoms with E-state index in [4.69, 9.17) is 0 Å². The van der Waals surface area contributed by atoms with Crippen LogP contribution in [0.1, 0.15) is 38.7 Å². The van der Waals surface area contributed by atoms with Crippen LogP contribution in [0.25, 0.3) is 0 Å². The molecule has 0 amide bonds. The molecule has 1 N–H and O–H groups in total. The Morgan fingerprint density at radius 3 is 2.32 bits per heavy atom. The van der Waals surface area contributed by atoms with Crippen LogP contribution in [-0.2, 0) is 6.54 Å². The maximum atomic E-state index is 14.1. The molecule has 2 rings (SSSR count). The fourth-order valence-electron chi connectivity index (χ4n) is 2.39. The fourth-order valence-corrected chi connectivity index (χ4v) is 2.39. The SMILES string of the molecule is CCCNCc1cc(F)c(N(CC)C2CC2)c(F)c1. The van der Waals surface area contributed by atoms with Crippen molar-refractivity contribution in [2.75, 3.05) is 18.0 Å². The van der Waals surface area contributed by atoms with Crippen molar-refractivity contribution in [3.8, 4) is 0 Å². The smallest absolute Gasteiger partial charge is 0.149 e. The average molecular weight is 268 g/mol. The van der Waals surface area contributed by atoms with Crippen molar-refractivity contribution < 1.29 is 8.78 Å². The number of hydrogen-bond acceptors (Lipinski definition) is 2. The van der Waals surface area contributed by atoms with Gasteiger partial charge in [0.25, 0.3) is 0 Å². The molecule has 0 heterocycles. The molecule has 1 fully saturated rings. The van der Waals surface area contributed by atoms with E-state index < -0.39 is 11.6 Å². The van der Waals surface area contributed by atoms with Crippen LogP contribution in [0.5, 0.6) is 0 Å². The lowest BCUT2D eigenvalue weighted by atomic mass is 10.1. The summed E-state index contributed by atoms with van der Waals surface area (Å²) in [6.45, 7) is 6.01. The Hall–Kier alpha value is -1.16. The highest BCUT2D eigenvalue weighted by Crippen LogP contribution is 2.34. The first kappa shape index (κ1) is 14.3. The molecule has 0 bridgehead atoms. The van der Waals surface area contributed by atoms with E-state index in [0.29, 0.717) is 24.7 Å².